The molecule has 0 atom stereocenters. The summed E-state index contributed by atoms with van der Waals surface area (Å²) in [6.07, 6.45) is 3.60. The van der Waals surface area contributed by atoms with Crippen molar-refractivity contribution in [2.45, 2.75) is 13.3 Å². The van der Waals surface area contributed by atoms with E-state index >= 15 is 0 Å². The number of carbonyl (C=O) groups is 2. The SMILES string of the molecule is CCc1ccccc1NC(=O)COC(=O)/C=C/c1cc(OC)c2c(c1)OCCO2. The van der Waals surface area contributed by atoms with Crippen LogP contribution in [0.15, 0.2) is 42.5 Å². The summed E-state index contributed by atoms with van der Waals surface area (Å²) in [4.78, 5) is 24.0. The predicted molar refractivity (Wildman–Crippen MR) is 108 cm³/mol. The van der Waals surface area contributed by atoms with Crippen molar-refractivity contribution in [3.8, 4) is 17.2 Å². The van der Waals surface area contributed by atoms with Crippen LogP contribution in [0.4, 0.5) is 5.69 Å². The molecule has 0 saturated carbocycles. The summed E-state index contributed by atoms with van der Waals surface area (Å²) >= 11 is 0. The Balaban J connectivity index is 1.56. The molecule has 7 nitrogen and oxygen atoms in total. The topological polar surface area (TPSA) is 83.1 Å². The zero-order chi connectivity index (χ0) is 20.6. The van der Waals surface area contributed by atoms with Crippen LogP contribution >= 0.6 is 0 Å². The number of methoxy groups -OCH3 is 1. The molecule has 1 amide bonds. The van der Waals surface area contributed by atoms with E-state index in [1.54, 1.807) is 18.2 Å². The first-order chi connectivity index (χ1) is 14.1. The Bertz CT molecular complexity index is 904. The highest BCUT2D eigenvalue weighted by Crippen LogP contribution is 2.40. The Kier molecular flexibility index (Phi) is 6.73. The third kappa shape index (κ3) is 5.28. The third-order valence-corrected chi connectivity index (χ3v) is 4.28. The lowest BCUT2D eigenvalue weighted by Gasteiger charge is -2.20. The first-order valence-electron chi connectivity index (χ1n) is 9.31. The molecular weight excluding hydrogens is 374 g/mol. The minimum absolute atomic E-state index is 0.369. The van der Waals surface area contributed by atoms with Crippen molar-refractivity contribution in [2.24, 2.45) is 0 Å². The number of anilines is 1. The summed E-state index contributed by atoms with van der Waals surface area (Å²) in [6.45, 7) is 2.53. The minimum Gasteiger partial charge on any atom is -0.493 e. The van der Waals surface area contributed by atoms with E-state index in [9.17, 15) is 9.59 Å². The van der Waals surface area contributed by atoms with Gasteiger partial charge in [-0.05, 0) is 41.8 Å². The van der Waals surface area contributed by atoms with Crippen LogP contribution in [0.5, 0.6) is 17.2 Å². The van der Waals surface area contributed by atoms with Crippen LogP contribution in [0.25, 0.3) is 6.08 Å². The molecule has 7 heteroatoms. The molecule has 29 heavy (non-hydrogen) atoms. The minimum atomic E-state index is -0.627. The zero-order valence-electron chi connectivity index (χ0n) is 16.4. The number of amides is 1. The number of ether oxygens (including phenoxy) is 4. The second-order valence-electron chi connectivity index (χ2n) is 6.25. The van der Waals surface area contributed by atoms with Gasteiger partial charge in [0.05, 0.1) is 7.11 Å². The molecule has 2 aromatic rings. The summed E-state index contributed by atoms with van der Waals surface area (Å²) in [6, 6.07) is 11.0. The van der Waals surface area contributed by atoms with Gasteiger partial charge >= 0.3 is 5.97 Å². The van der Waals surface area contributed by atoms with Crippen LogP contribution in [0.1, 0.15) is 18.1 Å². The normalized spacial score (nSPS) is 12.5. The fraction of sp³-hybridized carbons (Fsp3) is 0.273. The van der Waals surface area contributed by atoms with Gasteiger partial charge in [-0.15, -0.1) is 0 Å². The number of hydrogen-bond acceptors (Lipinski definition) is 6. The standard InChI is InChI=1S/C22H23NO6/c1-3-16-6-4-5-7-17(16)23-20(24)14-29-21(25)9-8-15-12-18(26-2)22-19(13-15)27-10-11-28-22/h4-9,12-13H,3,10-11,14H2,1-2H3,(H,23,24)/b9-8+. The highest BCUT2D eigenvalue weighted by atomic mass is 16.6. The number of aryl methyl sites for hydroxylation is 1. The van der Waals surface area contributed by atoms with E-state index in [0.717, 1.165) is 17.7 Å². The predicted octanol–water partition coefficient (Wildman–Crippen LogP) is 3.22. The fourth-order valence-corrected chi connectivity index (χ4v) is 2.88. The number of rotatable bonds is 7. The number of hydrogen-bond donors (Lipinski definition) is 1. The van der Waals surface area contributed by atoms with Crippen molar-refractivity contribution in [1.82, 2.24) is 0 Å². The van der Waals surface area contributed by atoms with Crippen LogP contribution in [-0.4, -0.2) is 38.8 Å². The van der Waals surface area contributed by atoms with Gasteiger partial charge in [0.25, 0.3) is 5.91 Å². The summed E-state index contributed by atoms with van der Waals surface area (Å²) in [5.41, 5.74) is 2.42. The van der Waals surface area contributed by atoms with Crippen LogP contribution in [-0.2, 0) is 20.7 Å². The van der Waals surface area contributed by atoms with Gasteiger partial charge in [0, 0.05) is 11.8 Å². The molecule has 152 valence electrons. The fourth-order valence-electron chi connectivity index (χ4n) is 2.88. The summed E-state index contributed by atoms with van der Waals surface area (Å²) in [5, 5.41) is 2.75. The van der Waals surface area contributed by atoms with Crippen LogP contribution in [0.2, 0.25) is 0 Å². The van der Waals surface area contributed by atoms with Gasteiger partial charge in [0.15, 0.2) is 18.1 Å². The second-order valence-corrected chi connectivity index (χ2v) is 6.25. The average Bonchev–Trinajstić information content (AvgIpc) is 2.76. The highest BCUT2D eigenvalue weighted by Gasteiger charge is 2.18. The maximum absolute atomic E-state index is 12.0. The summed E-state index contributed by atoms with van der Waals surface area (Å²) in [7, 11) is 1.53. The Morgan fingerprint density at radius 1 is 1.17 bits per heavy atom. The maximum Gasteiger partial charge on any atom is 0.331 e. The van der Waals surface area contributed by atoms with Crippen molar-refractivity contribution in [1.29, 1.82) is 0 Å². The highest BCUT2D eigenvalue weighted by molar-refractivity contribution is 5.95. The molecule has 1 N–H and O–H groups in total. The van der Waals surface area contributed by atoms with Crippen molar-refractivity contribution in [2.75, 3.05) is 32.2 Å². The summed E-state index contributed by atoms with van der Waals surface area (Å²) in [5.74, 6) is 0.593. The molecule has 0 aromatic heterocycles. The molecule has 1 heterocycles. The number of esters is 1. The average molecular weight is 397 g/mol. The Morgan fingerprint density at radius 3 is 2.76 bits per heavy atom. The van der Waals surface area contributed by atoms with Crippen LogP contribution in [0, 0.1) is 0 Å². The molecule has 0 bridgehead atoms. The van der Waals surface area contributed by atoms with Crippen molar-refractivity contribution in [3.05, 3.63) is 53.6 Å². The number of para-hydroxylation sites is 1. The Labute approximate surface area is 169 Å². The van der Waals surface area contributed by atoms with Crippen molar-refractivity contribution >= 4 is 23.6 Å². The largest absolute Gasteiger partial charge is 0.493 e. The lowest BCUT2D eigenvalue weighted by Crippen LogP contribution is -2.20. The second kappa shape index (κ2) is 9.64. The number of carbonyl (C=O) groups excluding carboxylic acids is 2. The molecule has 0 fully saturated rings. The van der Waals surface area contributed by atoms with Crippen LogP contribution < -0.4 is 19.5 Å². The van der Waals surface area contributed by atoms with Crippen LogP contribution in [0.3, 0.4) is 0 Å². The van der Waals surface area contributed by atoms with Gasteiger partial charge in [0.1, 0.15) is 13.2 Å². The van der Waals surface area contributed by atoms with E-state index < -0.39 is 11.9 Å². The number of nitrogens with one attached hydrogen (secondary N) is 1. The van der Waals surface area contributed by atoms with E-state index in [2.05, 4.69) is 5.32 Å². The number of benzene rings is 2. The molecule has 0 spiro atoms. The van der Waals surface area contributed by atoms with E-state index in [1.807, 2.05) is 31.2 Å². The molecule has 3 rings (SSSR count). The third-order valence-electron chi connectivity index (χ3n) is 4.28. The van der Waals surface area contributed by atoms with E-state index in [-0.39, 0.29) is 6.61 Å². The molecule has 0 aliphatic carbocycles. The molecular formula is C22H23NO6. The van der Waals surface area contributed by atoms with Gasteiger partial charge < -0.3 is 24.3 Å². The van der Waals surface area contributed by atoms with E-state index in [1.165, 1.54) is 13.2 Å². The quantitative estimate of drug-likeness (QED) is 0.571. The van der Waals surface area contributed by atoms with Gasteiger partial charge in [-0.1, -0.05) is 25.1 Å². The molecule has 1 aliphatic heterocycles. The maximum atomic E-state index is 12.0. The van der Waals surface area contributed by atoms with E-state index in [0.29, 0.717) is 36.0 Å². The van der Waals surface area contributed by atoms with E-state index in [4.69, 9.17) is 18.9 Å². The summed E-state index contributed by atoms with van der Waals surface area (Å²) < 4.78 is 21.4. The first-order valence-corrected chi connectivity index (χ1v) is 9.31. The Hall–Kier alpha value is -3.48. The van der Waals surface area contributed by atoms with Crippen molar-refractivity contribution < 1.29 is 28.5 Å². The van der Waals surface area contributed by atoms with Gasteiger partial charge in [-0.3, -0.25) is 4.79 Å². The lowest BCUT2D eigenvalue weighted by molar-refractivity contribution is -0.142. The molecule has 0 radical (unpaired) electrons. The van der Waals surface area contributed by atoms with Gasteiger partial charge in [-0.2, -0.15) is 0 Å². The van der Waals surface area contributed by atoms with Gasteiger partial charge in [-0.25, -0.2) is 4.79 Å². The number of fused-ring (bicyclic) bond motifs is 1. The monoisotopic (exact) mass is 397 g/mol. The molecule has 1 aliphatic rings. The zero-order valence-corrected chi connectivity index (χ0v) is 16.4. The lowest BCUT2D eigenvalue weighted by atomic mass is 10.1. The van der Waals surface area contributed by atoms with Crippen molar-refractivity contribution in [3.63, 3.8) is 0 Å². The van der Waals surface area contributed by atoms with Gasteiger partial charge in [0.2, 0.25) is 5.75 Å². The molecule has 2 aromatic carbocycles. The molecule has 0 saturated heterocycles. The molecule has 0 unspecified atom stereocenters. The first kappa shape index (κ1) is 20.3. The Morgan fingerprint density at radius 2 is 1.97 bits per heavy atom. The smallest absolute Gasteiger partial charge is 0.331 e.